The minimum atomic E-state index is -0.0788. The molecular formula is C13H22N2OS. The van der Waals surface area contributed by atoms with Gasteiger partial charge >= 0.3 is 0 Å². The standard InChI is InChI=1S/C13H22N2OS/c1-10(2)7-12(13(16)15(3)4)14-8-11-5-6-17-9-11/h5-6,9-10,12,14H,7-8H2,1-4H3. The summed E-state index contributed by atoms with van der Waals surface area (Å²) >= 11 is 1.68. The molecule has 17 heavy (non-hydrogen) atoms. The molecule has 1 unspecified atom stereocenters. The minimum Gasteiger partial charge on any atom is -0.347 e. The molecule has 0 fully saturated rings. The van der Waals surface area contributed by atoms with E-state index < -0.39 is 0 Å². The highest BCUT2D eigenvalue weighted by atomic mass is 32.1. The molecule has 0 saturated carbocycles. The van der Waals surface area contributed by atoms with Crippen LogP contribution in [0.15, 0.2) is 16.8 Å². The van der Waals surface area contributed by atoms with Crippen molar-refractivity contribution < 1.29 is 4.79 Å². The molecule has 0 radical (unpaired) electrons. The highest BCUT2D eigenvalue weighted by Gasteiger charge is 2.20. The number of carbonyl (C=O) groups excluding carboxylic acids is 1. The highest BCUT2D eigenvalue weighted by Crippen LogP contribution is 2.10. The summed E-state index contributed by atoms with van der Waals surface area (Å²) in [6.45, 7) is 5.05. The lowest BCUT2D eigenvalue weighted by atomic mass is 10.0. The predicted molar refractivity (Wildman–Crippen MR) is 73.1 cm³/mol. The molecule has 0 aromatic carbocycles. The van der Waals surface area contributed by atoms with Crippen molar-refractivity contribution in [3.63, 3.8) is 0 Å². The Morgan fingerprint density at radius 1 is 1.47 bits per heavy atom. The van der Waals surface area contributed by atoms with Gasteiger partial charge in [-0.1, -0.05) is 13.8 Å². The lowest BCUT2D eigenvalue weighted by Crippen LogP contribution is -2.44. The number of carbonyl (C=O) groups is 1. The molecule has 1 heterocycles. The van der Waals surface area contributed by atoms with Gasteiger partial charge in [-0.3, -0.25) is 4.79 Å². The zero-order valence-electron chi connectivity index (χ0n) is 11.1. The zero-order valence-corrected chi connectivity index (χ0v) is 11.9. The van der Waals surface area contributed by atoms with Crippen molar-refractivity contribution in [2.75, 3.05) is 14.1 Å². The minimum absolute atomic E-state index is 0.0788. The van der Waals surface area contributed by atoms with E-state index >= 15 is 0 Å². The van der Waals surface area contributed by atoms with Crippen LogP contribution in [0, 0.1) is 5.92 Å². The van der Waals surface area contributed by atoms with Gasteiger partial charge in [-0.2, -0.15) is 11.3 Å². The Labute approximate surface area is 108 Å². The van der Waals surface area contributed by atoms with Crippen LogP contribution in [0.1, 0.15) is 25.8 Å². The SMILES string of the molecule is CC(C)CC(NCc1ccsc1)C(=O)N(C)C. The van der Waals surface area contributed by atoms with E-state index in [9.17, 15) is 4.79 Å². The molecule has 1 N–H and O–H groups in total. The van der Waals surface area contributed by atoms with Crippen LogP contribution in [0.2, 0.25) is 0 Å². The average Bonchev–Trinajstić information content (AvgIpc) is 2.75. The van der Waals surface area contributed by atoms with Crippen LogP contribution in [0.4, 0.5) is 0 Å². The quantitative estimate of drug-likeness (QED) is 0.845. The van der Waals surface area contributed by atoms with Gasteiger partial charge in [-0.25, -0.2) is 0 Å². The molecule has 1 amide bonds. The lowest BCUT2D eigenvalue weighted by Gasteiger charge is -2.23. The molecule has 0 spiro atoms. The summed E-state index contributed by atoms with van der Waals surface area (Å²) in [5, 5.41) is 7.52. The Bertz CT molecular complexity index is 333. The number of likely N-dealkylation sites (N-methyl/N-ethyl adjacent to an activating group) is 1. The van der Waals surface area contributed by atoms with Gasteiger partial charge in [0.05, 0.1) is 6.04 Å². The molecule has 4 heteroatoms. The van der Waals surface area contributed by atoms with Crippen LogP contribution in [-0.4, -0.2) is 30.9 Å². The van der Waals surface area contributed by atoms with E-state index in [1.807, 2.05) is 14.1 Å². The third-order valence-corrected chi connectivity index (χ3v) is 3.31. The Hall–Kier alpha value is -0.870. The second kappa shape index (κ2) is 6.77. The van der Waals surface area contributed by atoms with E-state index in [1.54, 1.807) is 16.2 Å². The Morgan fingerprint density at radius 2 is 2.18 bits per heavy atom. The number of nitrogens with zero attached hydrogens (tertiary/aromatic N) is 1. The largest absolute Gasteiger partial charge is 0.347 e. The van der Waals surface area contributed by atoms with Crippen molar-refractivity contribution in [1.82, 2.24) is 10.2 Å². The van der Waals surface area contributed by atoms with Crippen molar-refractivity contribution in [3.05, 3.63) is 22.4 Å². The molecule has 1 atom stereocenters. The van der Waals surface area contributed by atoms with E-state index in [0.717, 1.165) is 13.0 Å². The van der Waals surface area contributed by atoms with Crippen LogP contribution < -0.4 is 5.32 Å². The molecule has 0 aliphatic carbocycles. The van der Waals surface area contributed by atoms with Crippen LogP contribution in [0.5, 0.6) is 0 Å². The first kappa shape index (κ1) is 14.2. The Kier molecular flexibility index (Phi) is 5.65. The second-order valence-corrected chi connectivity index (χ2v) is 5.71. The predicted octanol–water partition coefficient (Wildman–Crippen LogP) is 2.34. The monoisotopic (exact) mass is 254 g/mol. The van der Waals surface area contributed by atoms with Crippen molar-refractivity contribution >= 4 is 17.2 Å². The summed E-state index contributed by atoms with van der Waals surface area (Å²) in [4.78, 5) is 13.7. The van der Waals surface area contributed by atoms with Gasteiger partial charge in [-0.05, 0) is 34.7 Å². The number of rotatable bonds is 6. The number of hydrogen-bond acceptors (Lipinski definition) is 3. The van der Waals surface area contributed by atoms with Gasteiger partial charge in [0, 0.05) is 20.6 Å². The fourth-order valence-corrected chi connectivity index (χ4v) is 2.36. The molecule has 0 bridgehead atoms. The first-order chi connectivity index (χ1) is 8.00. The van der Waals surface area contributed by atoms with Crippen molar-refractivity contribution in [1.29, 1.82) is 0 Å². The summed E-state index contributed by atoms with van der Waals surface area (Å²) in [5.74, 6) is 0.674. The van der Waals surface area contributed by atoms with Crippen molar-refractivity contribution in [2.24, 2.45) is 5.92 Å². The number of amides is 1. The highest BCUT2D eigenvalue weighted by molar-refractivity contribution is 7.07. The normalized spacial score (nSPS) is 12.8. The van der Waals surface area contributed by atoms with E-state index in [2.05, 4.69) is 36.0 Å². The molecule has 0 aliphatic heterocycles. The Balaban J connectivity index is 2.54. The molecular weight excluding hydrogens is 232 g/mol. The van der Waals surface area contributed by atoms with E-state index in [4.69, 9.17) is 0 Å². The summed E-state index contributed by atoms with van der Waals surface area (Å²) < 4.78 is 0. The molecule has 0 saturated heterocycles. The number of hydrogen-bond donors (Lipinski definition) is 1. The molecule has 1 aromatic rings. The molecule has 0 aliphatic rings. The first-order valence-corrected chi connectivity index (χ1v) is 6.90. The van der Waals surface area contributed by atoms with E-state index in [1.165, 1.54) is 5.56 Å². The fraction of sp³-hybridized carbons (Fsp3) is 0.615. The van der Waals surface area contributed by atoms with E-state index in [-0.39, 0.29) is 11.9 Å². The van der Waals surface area contributed by atoms with Crippen LogP contribution in [0.25, 0.3) is 0 Å². The average molecular weight is 254 g/mol. The third-order valence-electron chi connectivity index (χ3n) is 2.58. The van der Waals surface area contributed by atoms with Crippen LogP contribution in [-0.2, 0) is 11.3 Å². The topological polar surface area (TPSA) is 32.3 Å². The van der Waals surface area contributed by atoms with Gasteiger partial charge in [0.1, 0.15) is 0 Å². The maximum absolute atomic E-state index is 12.0. The molecule has 1 rings (SSSR count). The van der Waals surface area contributed by atoms with Crippen LogP contribution >= 0.6 is 11.3 Å². The van der Waals surface area contributed by atoms with Crippen molar-refractivity contribution in [3.8, 4) is 0 Å². The smallest absolute Gasteiger partial charge is 0.239 e. The Morgan fingerprint density at radius 3 is 2.65 bits per heavy atom. The van der Waals surface area contributed by atoms with Crippen LogP contribution in [0.3, 0.4) is 0 Å². The third kappa shape index (κ3) is 4.88. The molecule has 96 valence electrons. The maximum Gasteiger partial charge on any atom is 0.239 e. The fourth-order valence-electron chi connectivity index (χ4n) is 1.69. The summed E-state index contributed by atoms with van der Waals surface area (Å²) in [7, 11) is 3.61. The van der Waals surface area contributed by atoms with Gasteiger partial charge < -0.3 is 10.2 Å². The zero-order chi connectivity index (χ0) is 12.8. The van der Waals surface area contributed by atoms with Gasteiger partial charge in [0.2, 0.25) is 5.91 Å². The summed E-state index contributed by atoms with van der Waals surface area (Å²) in [6, 6.07) is 2.01. The van der Waals surface area contributed by atoms with E-state index in [0.29, 0.717) is 5.92 Å². The lowest BCUT2D eigenvalue weighted by molar-refractivity contribution is -0.131. The number of nitrogens with one attached hydrogen (secondary N) is 1. The van der Waals surface area contributed by atoms with Gasteiger partial charge in [0.25, 0.3) is 0 Å². The summed E-state index contributed by atoms with van der Waals surface area (Å²) in [6.07, 6.45) is 0.876. The second-order valence-electron chi connectivity index (χ2n) is 4.93. The number of thiophene rings is 1. The maximum atomic E-state index is 12.0. The molecule has 1 aromatic heterocycles. The van der Waals surface area contributed by atoms with Crippen molar-refractivity contribution in [2.45, 2.75) is 32.9 Å². The van der Waals surface area contributed by atoms with Gasteiger partial charge in [0.15, 0.2) is 0 Å². The first-order valence-electron chi connectivity index (χ1n) is 5.96. The van der Waals surface area contributed by atoms with Gasteiger partial charge in [-0.15, -0.1) is 0 Å². The molecule has 3 nitrogen and oxygen atoms in total. The summed E-state index contributed by atoms with van der Waals surface area (Å²) in [5.41, 5.74) is 1.25.